The molecule has 1 aliphatic heterocycles. The lowest BCUT2D eigenvalue weighted by molar-refractivity contribution is 0.416. The molecule has 2 heterocycles. The van der Waals surface area contributed by atoms with E-state index in [4.69, 9.17) is 16.3 Å². The van der Waals surface area contributed by atoms with Gasteiger partial charge in [0.05, 0.1) is 24.3 Å². The summed E-state index contributed by atoms with van der Waals surface area (Å²) < 4.78 is 28.8. The summed E-state index contributed by atoms with van der Waals surface area (Å²) in [5.74, 6) is 2.02. The SMILES string of the molecule is COc1cc(Cl)c(C)cc1Nc1nccc(N(C)C2CCS(=O)(=O)C2)n1. The van der Waals surface area contributed by atoms with Gasteiger partial charge in [-0.15, -0.1) is 0 Å². The number of ether oxygens (including phenoxy) is 1. The highest BCUT2D eigenvalue weighted by Crippen LogP contribution is 2.32. The van der Waals surface area contributed by atoms with Crippen molar-refractivity contribution in [2.24, 2.45) is 0 Å². The second-order valence-electron chi connectivity index (χ2n) is 6.33. The Morgan fingerprint density at radius 1 is 1.38 bits per heavy atom. The topological polar surface area (TPSA) is 84.4 Å². The Morgan fingerprint density at radius 2 is 2.15 bits per heavy atom. The van der Waals surface area contributed by atoms with Crippen LogP contribution in [0.3, 0.4) is 0 Å². The number of hydrogen-bond donors (Lipinski definition) is 1. The number of aromatic nitrogens is 2. The Hall–Kier alpha value is -2.06. The fourth-order valence-corrected chi connectivity index (χ4v) is 4.85. The molecule has 1 aromatic heterocycles. The maximum Gasteiger partial charge on any atom is 0.229 e. The summed E-state index contributed by atoms with van der Waals surface area (Å²) >= 11 is 6.14. The Bertz CT molecular complexity index is 920. The van der Waals surface area contributed by atoms with Crippen molar-refractivity contribution in [1.82, 2.24) is 9.97 Å². The first-order chi connectivity index (χ1) is 12.3. The van der Waals surface area contributed by atoms with Gasteiger partial charge in [0.2, 0.25) is 5.95 Å². The molecule has 0 spiro atoms. The predicted octanol–water partition coefficient (Wildman–Crippen LogP) is 2.81. The number of nitrogens with one attached hydrogen (secondary N) is 1. The molecule has 3 rings (SSSR count). The van der Waals surface area contributed by atoms with Gasteiger partial charge in [-0.3, -0.25) is 0 Å². The molecule has 1 saturated heterocycles. The van der Waals surface area contributed by atoms with Crippen LogP contribution < -0.4 is 15.0 Å². The van der Waals surface area contributed by atoms with Crippen LogP contribution in [0.4, 0.5) is 17.5 Å². The van der Waals surface area contributed by atoms with Crippen molar-refractivity contribution < 1.29 is 13.2 Å². The average molecular weight is 397 g/mol. The first-order valence-corrected chi connectivity index (χ1v) is 10.4. The van der Waals surface area contributed by atoms with E-state index in [1.807, 2.05) is 24.9 Å². The third kappa shape index (κ3) is 4.02. The van der Waals surface area contributed by atoms with Gasteiger partial charge in [0, 0.05) is 30.4 Å². The molecule has 1 atom stereocenters. The van der Waals surface area contributed by atoms with Gasteiger partial charge in [0.25, 0.3) is 0 Å². The van der Waals surface area contributed by atoms with Gasteiger partial charge >= 0.3 is 0 Å². The number of methoxy groups -OCH3 is 1. The van der Waals surface area contributed by atoms with Crippen LogP contribution in [-0.2, 0) is 9.84 Å². The van der Waals surface area contributed by atoms with E-state index in [9.17, 15) is 8.42 Å². The highest BCUT2D eigenvalue weighted by Gasteiger charge is 2.31. The zero-order valence-corrected chi connectivity index (χ0v) is 16.4. The van der Waals surface area contributed by atoms with Gasteiger partial charge in [-0.05, 0) is 31.0 Å². The molecule has 26 heavy (non-hydrogen) atoms. The van der Waals surface area contributed by atoms with Crippen molar-refractivity contribution >= 4 is 38.9 Å². The van der Waals surface area contributed by atoms with Crippen LogP contribution in [0.25, 0.3) is 0 Å². The summed E-state index contributed by atoms with van der Waals surface area (Å²) in [6.07, 6.45) is 2.25. The molecule has 7 nitrogen and oxygen atoms in total. The van der Waals surface area contributed by atoms with E-state index in [2.05, 4.69) is 15.3 Å². The summed E-state index contributed by atoms with van der Waals surface area (Å²) in [5.41, 5.74) is 1.61. The molecule has 1 fully saturated rings. The number of aryl methyl sites for hydroxylation is 1. The van der Waals surface area contributed by atoms with Gasteiger partial charge in [0.1, 0.15) is 11.6 Å². The maximum absolute atomic E-state index is 11.7. The zero-order chi connectivity index (χ0) is 18.9. The van der Waals surface area contributed by atoms with Crippen molar-refractivity contribution in [1.29, 1.82) is 0 Å². The normalized spacial score (nSPS) is 18.5. The quantitative estimate of drug-likeness (QED) is 0.831. The third-order valence-corrected chi connectivity index (χ3v) is 6.64. The van der Waals surface area contributed by atoms with Crippen molar-refractivity contribution in [3.8, 4) is 5.75 Å². The van der Waals surface area contributed by atoms with Crippen molar-refractivity contribution in [2.75, 3.05) is 35.9 Å². The number of benzene rings is 1. The summed E-state index contributed by atoms with van der Waals surface area (Å²) in [4.78, 5) is 10.6. The first-order valence-electron chi connectivity index (χ1n) is 8.16. The second kappa shape index (κ2) is 7.28. The molecule has 2 aromatic rings. The van der Waals surface area contributed by atoms with Gasteiger partial charge in [-0.1, -0.05) is 11.6 Å². The Balaban J connectivity index is 1.83. The zero-order valence-electron chi connectivity index (χ0n) is 14.9. The number of hydrogen-bond acceptors (Lipinski definition) is 7. The van der Waals surface area contributed by atoms with Crippen LogP contribution in [0.15, 0.2) is 24.4 Å². The summed E-state index contributed by atoms with van der Waals surface area (Å²) in [5, 5.41) is 3.76. The molecule has 1 unspecified atom stereocenters. The molecule has 0 amide bonds. The minimum Gasteiger partial charge on any atom is -0.495 e. The maximum atomic E-state index is 11.7. The molecule has 140 valence electrons. The first kappa shape index (κ1) is 18.7. The molecule has 0 bridgehead atoms. The lowest BCUT2D eigenvalue weighted by atomic mass is 10.2. The fourth-order valence-electron chi connectivity index (χ4n) is 2.92. The van der Waals surface area contributed by atoms with E-state index >= 15 is 0 Å². The predicted molar refractivity (Wildman–Crippen MR) is 104 cm³/mol. The molecule has 1 aromatic carbocycles. The Labute approximate surface area is 158 Å². The van der Waals surface area contributed by atoms with Crippen LogP contribution in [0.1, 0.15) is 12.0 Å². The summed E-state index contributed by atoms with van der Waals surface area (Å²) in [6, 6.07) is 5.29. The number of rotatable bonds is 5. The largest absolute Gasteiger partial charge is 0.495 e. The van der Waals surface area contributed by atoms with E-state index in [1.54, 1.807) is 25.4 Å². The molecule has 0 aliphatic carbocycles. The average Bonchev–Trinajstić information content (AvgIpc) is 2.97. The molecule has 1 N–H and O–H groups in total. The summed E-state index contributed by atoms with van der Waals surface area (Å²) in [6.45, 7) is 1.90. The molecular weight excluding hydrogens is 376 g/mol. The van der Waals surface area contributed by atoms with Crippen LogP contribution >= 0.6 is 11.6 Å². The van der Waals surface area contributed by atoms with Gasteiger partial charge in [-0.25, -0.2) is 13.4 Å². The smallest absolute Gasteiger partial charge is 0.229 e. The van der Waals surface area contributed by atoms with Gasteiger partial charge < -0.3 is 15.0 Å². The number of halogens is 1. The van der Waals surface area contributed by atoms with Crippen LogP contribution in [0.2, 0.25) is 5.02 Å². The van der Waals surface area contributed by atoms with Crippen LogP contribution in [0.5, 0.6) is 5.75 Å². The van der Waals surface area contributed by atoms with E-state index in [0.29, 0.717) is 34.6 Å². The van der Waals surface area contributed by atoms with Gasteiger partial charge in [-0.2, -0.15) is 4.98 Å². The number of sulfone groups is 1. The van der Waals surface area contributed by atoms with Gasteiger partial charge in [0.15, 0.2) is 9.84 Å². The van der Waals surface area contributed by atoms with E-state index < -0.39 is 9.84 Å². The third-order valence-electron chi connectivity index (χ3n) is 4.49. The molecule has 0 saturated carbocycles. The molecule has 1 aliphatic rings. The van der Waals surface area contributed by atoms with Crippen LogP contribution in [0, 0.1) is 6.92 Å². The highest BCUT2D eigenvalue weighted by atomic mass is 35.5. The minimum atomic E-state index is -2.95. The Morgan fingerprint density at radius 3 is 2.81 bits per heavy atom. The van der Waals surface area contributed by atoms with Crippen molar-refractivity contribution in [3.63, 3.8) is 0 Å². The highest BCUT2D eigenvalue weighted by molar-refractivity contribution is 7.91. The van der Waals surface area contributed by atoms with E-state index in [-0.39, 0.29) is 17.5 Å². The molecule has 9 heteroatoms. The number of anilines is 3. The van der Waals surface area contributed by atoms with Crippen molar-refractivity contribution in [3.05, 3.63) is 35.0 Å². The van der Waals surface area contributed by atoms with E-state index in [1.165, 1.54) is 0 Å². The fraction of sp³-hybridized carbons (Fsp3) is 0.412. The minimum absolute atomic E-state index is 0.0740. The standard InChI is InChI=1S/C17H21ClN4O3S/c1-11-8-14(15(25-3)9-13(11)18)20-17-19-6-4-16(21-17)22(2)12-5-7-26(23,24)10-12/h4,6,8-9,12H,5,7,10H2,1-3H3,(H,19,20,21). The number of nitrogens with zero attached hydrogens (tertiary/aromatic N) is 3. The van der Waals surface area contributed by atoms with Crippen LogP contribution in [-0.4, -0.2) is 50.1 Å². The lowest BCUT2D eigenvalue weighted by Gasteiger charge is -2.24. The molecule has 0 radical (unpaired) electrons. The second-order valence-corrected chi connectivity index (χ2v) is 8.97. The molecular formula is C17H21ClN4O3S. The summed E-state index contributed by atoms with van der Waals surface area (Å²) in [7, 11) is 0.464. The van der Waals surface area contributed by atoms with Crippen molar-refractivity contribution in [2.45, 2.75) is 19.4 Å². The monoisotopic (exact) mass is 396 g/mol. The van der Waals surface area contributed by atoms with E-state index in [0.717, 1.165) is 5.56 Å². The lowest BCUT2D eigenvalue weighted by Crippen LogP contribution is -2.33. The Kier molecular flexibility index (Phi) is 5.24.